The van der Waals surface area contributed by atoms with Gasteiger partial charge in [-0.3, -0.25) is 0 Å². The van der Waals surface area contributed by atoms with Gasteiger partial charge in [-0.2, -0.15) is 0 Å². The van der Waals surface area contributed by atoms with Crippen molar-refractivity contribution in [1.82, 2.24) is 0 Å². The Labute approximate surface area is 91.1 Å². The van der Waals surface area contributed by atoms with Crippen molar-refractivity contribution in [2.75, 3.05) is 6.61 Å². The van der Waals surface area contributed by atoms with Crippen molar-refractivity contribution in [3.63, 3.8) is 0 Å². The molecule has 2 N–H and O–H groups in total. The summed E-state index contributed by atoms with van der Waals surface area (Å²) in [6, 6.07) is 0. The highest BCUT2D eigenvalue weighted by molar-refractivity contribution is 5.80. The molecule has 0 aliphatic heterocycles. The van der Waals surface area contributed by atoms with Crippen LogP contribution in [0.1, 0.15) is 39.5 Å². The minimum absolute atomic E-state index is 0.225. The Morgan fingerprint density at radius 3 is 2.40 bits per heavy atom. The second kappa shape index (κ2) is 8.24. The zero-order chi connectivity index (χ0) is 11.7. The van der Waals surface area contributed by atoms with Gasteiger partial charge in [-0.15, -0.1) is 0 Å². The van der Waals surface area contributed by atoms with Gasteiger partial charge >= 0.3 is 5.97 Å². The summed E-state index contributed by atoms with van der Waals surface area (Å²) >= 11 is 0. The molecule has 3 heteroatoms. The van der Waals surface area contributed by atoms with Crippen LogP contribution in [0.4, 0.5) is 0 Å². The number of hydrogen-bond donors (Lipinski definition) is 2. The van der Waals surface area contributed by atoms with E-state index in [4.69, 9.17) is 10.2 Å². The third-order valence-electron chi connectivity index (χ3n) is 2.13. The van der Waals surface area contributed by atoms with Crippen molar-refractivity contribution in [3.05, 3.63) is 23.3 Å². The van der Waals surface area contributed by atoms with Gasteiger partial charge in [0.25, 0.3) is 0 Å². The summed E-state index contributed by atoms with van der Waals surface area (Å²) < 4.78 is 0. The van der Waals surface area contributed by atoms with E-state index in [9.17, 15) is 4.79 Å². The molecule has 15 heavy (non-hydrogen) atoms. The monoisotopic (exact) mass is 212 g/mol. The van der Waals surface area contributed by atoms with Gasteiger partial charge in [0.1, 0.15) is 0 Å². The van der Waals surface area contributed by atoms with E-state index in [1.165, 1.54) is 11.6 Å². The highest BCUT2D eigenvalue weighted by Crippen LogP contribution is 2.09. The smallest absolute Gasteiger partial charge is 0.328 e. The molecule has 0 fully saturated rings. The van der Waals surface area contributed by atoms with Gasteiger partial charge in [0.05, 0.1) is 0 Å². The maximum Gasteiger partial charge on any atom is 0.328 e. The van der Waals surface area contributed by atoms with E-state index in [0.29, 0.717) is 0 Å². The summed E-state index contributed by atoms with van der Waals surface area (Å²) in [6.07, 6.45) is 6.71. The number of aliphatic hydroxyl groups excluding tert-OH is 1. The number of rotatable bonds is 7. The number of aliphatic carboxylic acids is 1. The lowest BCUT2D eigenvalue weighted by molar-refractivity contribution is -0.131. The number of aliphatic hydroxyl groups is 1. The van der Waals surface area contributed by atoms with Crippen LogP contribution in [0.3, 0.4) is 0 Å². The standard InChI is InChI=1S/C12H20O3/c1-10(7-4-8-13)5-3-6-11(2)9-12(14)15/h5,9,13H,3-4,6-8H2,1-2H3,(H,14,15). The Kier molecular flexibility index (Phi) is 7.64. The van der Waals surface area contributed by atoms with E-state index < -0.39 is 5.97 Å². The first-order chi connectivity index (χ1) is 7.06. The Balaban J connectivity index is 3.81. The maximum absolute atomic E-state index is 10.3. The highest BCUT2D eigenvalue weighted by Gasteiger charge is 1.94. The SMILES string of the molecule is CC(=CC(=O)O)CCC=C(C)CCCO. The Morgan fingerprint density at radius 1 is 1.20 bits per heavy atom. The Morgan fingerprint density at radius 2 is 1.87 bits per heavy atom. The van der Waals surface area contributed by atoms with Crippen LogP contribution in [0.15, 0.2) is 23.3 Å². The average Bonchev–Trinajstić information content (AvgIpc) is 2.13. The van der Waals surface area contributed by atoms with Crippen LogP contribution in [0, 0.1) is 0 Å². The molecule has 0 saturated heterocycles. The van der Waals surface area contributed by atoms with Gasteiger partial charge in [0.2, 0.25) is 0 Å². The van der Waals surface area contributed by atoms with Crippen molar-refractivity contribution in [2.45, 2.75) is 39.5 Å². The van der Waals surface area contributed by atoms with Crippen LogP contribution < -0.4 is 0 Å². The molecule has 0 aromatic carbocycles. The predicted molar refractivity (Wildman–Crippen MR) is 60.7 cm³/mol. The number of allylic oxidation sites excluding steroid dienone is 3. The molecule has 0 aliphatic carbocycles. The van der Waals surface area contributed by atoms with Gasteiger partial charge < -0.3 is 10.2 Å². The third-order valence-corrected chi connectivity index (χ3v) is 2.13. The highest BCUT2D eigenvalue weighted by atomic mass is 16.4. The lowest BCUT2D eigenvalue weighted by Crippen LogP contribution is -1.90. The molecule has 0 spiro atoms. The minimum Gasteiger partial charge on any atom is -0.478 e. The summed E-state index contributed by atoms with van der Waals surface area (Å²) in [5, 5.41) is 17.1. The number of hydrogen-bond acceptors (Lipinski definition) is 2. The molecule has 0 radical (unpaired) electrons. The predicted octanol–water partition coefficient (Wildman–Crippen LogP) is 2.52. The van der Waals surface area contributed by atoms with Gasteiger partial charge in [0.15, 0.2) is 0 Å². The van der Waals surface area contributed by atoms with Crippen LogP contribution >= 0.6 is 0 Å². The van der Waals surface area contributed by atoms with Crippen molar-refractivity contribution in [2.24, 2.45) is 0 Å². The molecule has 3 nitrogen and oxygen atoms in total. The van der Waals surface area contributed by atoms with Crippen LogP contribution in [0.2, 0.25) is 0 Å². The molecule has 0 bridgehead atoms. The summed E-state index contributed by atoms with van der Waals surface area (Å²) in [7, 11) is 0. The Bertz CT molecular complexity index is 252. The number of carboxylic acids is 1. The summed E-state index contributed by atoms with van der Waals surface area (Å²) in [5.74, 6) is -0.881. The van der Waals surface area contributed by atoms with E-state index in [-0.39, 0.29) is 6.61 Å². The molecule has 0 unspecified atom stereocenters. The molecule has 0 saturated carbocycles. The lowest BCUT2D eigenvalue weighted by Gasteiger charge is -2.00. The Hall–Kier alpha value is -1.09. The molecule has 86 valence electrons. The first-order valence-corrected chi connectivity index (χ1v) is 5.23. The summed E-state index contributed by atoms with van der Waals surface area (Å²) in [4.78, 5) is 10.3. The summed E-state index contributed by atoms with van der Waals surface area (Å²) in [6.45, 7) is 4.08. The second-order valence-corrected chi connectivity index (χ2v) is 3.75. The zero-order valence-corrected chi connectivity index (χ0v) is 9.49. The van der Waals surface area contributed by atoms with Crippen LogP contribution in [-0.2, 0) is 4.79 Å². The normalized spacial score (nSPS) is 13.0. The minimum atomic E-state index is -0.881. The van der Waals surface area contributed by atoms with Gasteiger partial charge in [0, 0.05) is 12.7 Å². The van der Waals surface area contributed by atoms with Gasteiger partial charge in [-0.1, -0.05) is 17.2 Å². The first kappa shape index (κ1) is 13.9. The molecule has 0 aliphatic rings. The molecular formula is C12H20O3. The topological polar surface area (TPSA) is 57.5 Å². The van der Waals surface area contributed by atoms with Gasteiger partial charge in [-0.25, -0.2) is 4.79 Å². The van der Waals surface area contributed by atoms with Gasteiger partial charge in [-0.05, 0) is 39.5 Å². The second-order valence-electron chi connectivity index (χ2n) is 3.75. The summed E-state index contributed by atoms with van der Waals surface area (Å²) in [5.41, 5.74) is 2.14. The van der Waals surface area contributed by atoms with Crippen molar-refractivity contribution < 1.29 is 15.0 Å². The van der Waals surface area contributed by atoms with Crippen molar-refractivity contribution >= 4 is 5.97 Å². The van der Waals surface area contributed by atoms with Crippen LogP contribution in [0.25, 0.3) is 0 Å². The van der Waals surface area contributed by atoms with Crippen LogP contribution in [0.5, 0.6) is 0 Å². The molecule has 0 rings (SSSR count). The van der Waals surface area contributed by atoms with Crippen LogP contribution in [-0.4, -0.2) is 22.8 Å². The lowest BCUT2D eigenvalue weighted by atomic mass is 10.1. The van der Waals surface area contributed by atoms with E-state index in [0.717, 1.165) is 31.3 Å². The number of carbonyl (C=O) groups is 1. The molecule has 0 aromatic heterocycles. The quantitative estimate of drug-likeness (QED) is 0.503. The molecule has 0 heterocycles. The molecule has 0 atom stereocenters. The largest absolute Gasteiger partial charge is 0.478 e. The average molecular weight is 212 g/mol. The maximum atomic E-state index is 10.3. The van der Waals surface area contributed by atoms with E-state index in [2.05, 4.69) is 6.08 Å². The molecular weight excluding hydrogens is 192 g/mol. The van der Waals surface area contributed by atoms with Crippen molar-refractivity contribution in [3.8, 4) is 0 Å². The fourth-order valence-corrected chi connectivity index (χ4v) is 1.29. The first-order valence-electron chi connectivity index (χ1n) is 5.23. The van der Waals surface area contributed by atoms with E-state index in [1.54, 1.807) is 0 Å². The third kappa shape index (κ3) is 9.22. The van der Waals surface area contributed by atoms with E-state index in [1.807, 2.05) is 13.8 Å². The number of carboxylic acid groups (broad SMARTS) is 1. The molecule has 0 aromatic rings. The van der Waals surface area contributed by atoms with E-state index >= 15 is 0 Å². The fraction of sp³-hybridized carbons (Fsp3) is 0.583. The fourth-order valence-electron chi connectivity index (χ4n) is 1.29. The molecule has 0 amide bonds. The zero-order valence-electron chi connectivity index (χ0n) is 9.49. The van der Waals surface area contributed by atoms with Crippen molar-refractivity contribution in [1.29, 1.82) is 0 Å².